The highest BCUT2D eigenvalue weighted by Crippen LogP contribution is 2.01. The lowest BCUT2D eigenvalue weighted by molar-refractivity contribution is 0.554. The normalized spacial score (nSPS) is 11.9. The van der Waals surface area contributed by atoms with Gasteiger partial charge in [-0.05, 0) is 24.9 Å². The van der Waals surface area contributed by atoms with E-state index in [0.717, 1.165) is 18.5 Å². The lowest BCUT2D eigenvalue weighted by atomic mass is 10.2. The summed E-state index contributed by atoms with van der Waals surface area (Å²) in [5, 5.41) is 3.25. The quantitative estimate of drug-likeness (QED) is 0.676. The summed E-state index contributed by atoms with van der Waals surface area (Å²) in [4.78, 5) is 0. The van der Waals surface area contributed by atoms with Gasteiger partial charge < -0.3 is 5.32 Å². The molecule has 0 spiro atoms. The summed E-state index contributed by atoms with van der Waals surface area (Å²) in [6.45, 7) is 5.48. The Bertz CT molecular complexity index is 444. The third kappa shape index (κ3) is 7.97. The van der Waals surface area contributed by atoms with Gasteiger partial charge in [-0.2, -0.15) is 0 Å². The lowest BCUT2D eigenvalue weighted by Gasteiger charge is -2.09. The Morgan fingerprint density at radius 3 is 2.42 bits per heavy atom. The molecule has 5 heteroatoms. The number of sulfonamides is 1. The van der Waals surface area contributed by atoms with E-state index in [1.54, 1.807) is 0 Å². The van der Waals surface area contributed by atoms with Gasteiger partial charge in [0, 0.05) is 12.6 Å². The average molecular weight is 284 g/mol. The third-order valence-electron chi connectivity index (χ3n) is 2.73. The Labute approximate surface area is 116 Å². The number of hydrogen-bond donors (Lipinski definition) is 2. The Morgan fingerprint density at radius 2 is 1.79 bits per heavy atom. The van der Waals surface area contributed by atoms with Crippen LogP contribution in [-0.4, -0.2) is 33.3 Å². The molecule has 19 heavy (non-hydrogen) atoms. The van der Waals surface area contributed by atoms with Gasteiger partial charge in [-0.1, -0.05) is 44.2 Å². The topological polar surface area (TPSA) is 58.2 Å². The monoisotopic (exact) mass is 284 g/mol. The van der Waals surface area contributed by atoms with Crippen molar-refractivity contribution in [3.05, 3.63) is 35.9 Å². The van der Waals surface area contributed by atoms with Crippen molar-refractivity contribution in [2.75, 3.05) is 18.8 Å². The second kappa shape index (κ2) is 8.30. The fourth-order valence-corrected chi connectivity index (χ4v) is 2.78. The van der Waals surface area contributed by atoms with Crippen molar-refractivity contribution in [3.63, 3.8) is 0 Å². The molecular formula is C14H24N2O2S. The lowest BCUT2D eigenvalue weighted by Crippen LogP contribution is -2.31. The standard InChI is InChI=1S/C14H24N2O2S/c1-13(2)15-10-6-11-16-19(17,18)12-9-14-7-4-3-5-8-14/h3-5,7-8,13,15-16H,6,9-12H2,1-2H3. The molecule has 0 unspecified atom stereocenters. The highest BCUT2D eigenvalue weighted by molar-refractivity contribution is 7.89. The van der Waals surface area contributed by atoms with Gasteiger partial charge in [-0.3, -0.25) is 0 Å². The molecule has 0 aliphatic rings. The van der Waals surface area contributed by atoms with Gasteiger partial charge in [0.15, 0.2) is 0 Å². The molecule has 0 aliphatic carbocycles. The molecule has 4 nitrogen and oxygen atoms in total. The van der Waals surface area contributed by atoms with Crippen LogP contribution in [0.4, 0.5) is 0 Å². The van der Waals surface area contributed by atoms with Crippen LogP contribution in [0.2, 0.25) is 0 Å². The van der Waals surface area contributed by atoms with Crippen LogP contribution in [0.3, 0.4) is 0 Å². The van der Waals surface area contributed by atoms with Crippen molar-refractivity contribution in [3.8, 4) is 0 Å². The second-order valence-corrected chi connectivity index (χ2v) is 6.84. The minimum atomic E-state index is -3.16. The van der Waals surface area contributed by atoms with Crippen molar-refractivity contribution in [2.45, 2.75) is 32.7 Å². The zero-order valence-corrected chi connectivity index (χ0v) is 12.5. The summed E-state index contributed by atoms with van der Waals surface area (Å²) >= 11 is 0. The molecule has 0 saturated carbocycles. The second-order valence-electron chi connectivity index (χ2n) is 4.91. The SMILES string of the molecule is CC(C)NCCCNS(=O)(=O)CCc1ccccc1. The molecule has 1 aromatic carbocycles. The first-order chi connectivity index (χ1) is 8.99. The van der Waals surface area contributed by atoms with Gasteiger partial charge in [-0.25, -0.2) is 13.1 Å². The Kier molecular flexibility index (Phi) is 7.05. The first-order valence-electron chi connectivity index (χ1n) is 6.74. The van der Waals surface area contributed by atoms with Gasteiger partial charge in [0.1, 0.15) is 0 Å². The maximum absolute atomic E-state index is 11.8. The molecule has 0 fully saturated rings. The van der Waals surface area contributed by atoms with E-state index in [0.29, 0.717) is 19.0 Å². The van der Waals surface area contributed by atoms with Gasteiger partial charge in [-0.15, -0.1) is 0 Å². The van der Waals surface area contributed by atoms with Gasteiger partial charge >= 0.3 is 0 Å². The van der Waals surface area contributed by atoms with E-state index in [-0.39, 0.29) is 5.75 Å². The summed E-state index contributed by atoms with van der Waals surface area (Å²) in [6, 6.07) is 10.1. The van der Waals surface area contributed by atoms with Crippen molar-refractivity contribution >= 4 is 10.0 Å². The molecule has 0 amide bonds. The van der Waals surface area contributed by atoms with Crippen LogP contribution in [-0.2, 0) is 16.4 Å². The summed E-state index contributed by atoms with van der Waals surface area (Å²) in [6.07, 6.45) is 1.36. The van der Waals surface area contributed by atoms with E-state index in [4.69, 9.17) is 0 Å². The molecule has 0 aliphatic heterocycles. The zero-order valence-electron chi connectivity index (χ0n) is 11.7. The van der Waals surface area contributed by atoms with E-state index in [2.05, 4.69) is 23.9 Å². The fourth-order valence-electron chi connectivity index (χ4n) is 1.68. The van der Waals surface area contributed by atoms with Crippen LogP contribution < -0.4 is 10.0 Å². The summed E-state index contributed by atoms with van der Waals surface area (Å²) in [7, 11) is -3.16. The smallest absolute Gasteiger partial charge is 0.211 e. The number of aryl methyl sites for hydroxylation is 1. The molecule has 1 aromatic rings. The third-order valence-corrected chi connectivity index (χ3v) is 4.12. The molecule has 0 atom stereocenters. The first kappa shape index (κ1) is 16.1. The Balaban J connectivity index is 2.21. The van der Waals surface area contributed by atoms with Crippen LogP contribution in [0.15, 0.2) is 30.3 Å². The maximum Gasteiger partial charge on any atom is 0.211 e. The predicted octanol–water partition coefficient (Wildman–Crippen LogP) is 1.54. The number of hydrogen-bond acceptors (Lipinski definition) is 3. The van der Waals surface area contributed by atoms with Crippen molar-refractivity contribution in [1.29, 1.82) is 0 Å². The Hall–Kier alpha value is -0.910. The first-order valence-corrected chi connectivity index (χ1v) is 8.39. The highest BCUT2D eigenvalue weighted by atomic mass is 32.2. The van der Waals surface area contributed by atoms with Crippen molar-refractivity contribution < 1.29 is 8.42 Å². The Morgan fingerprint density at radius 1 is 1.11 bits per heavy atom. The van der Waals surface area contributed by atoms with Crippen molar-refractivity contribution in [2.24, 2.45) is 0 Å². The highest BCUT2D eigenvalue weighted by Gasteiger charge is 2.09. The number of benzene rings is 1. The van der Waals surface area contributed by atoms with Crippen LogP contribution in [0.5, 0.6) is 0 Å². The molecule has 0 bridgehead atoms. The predicted molar refractivity (Wildman–Crippen MR) is 79.7 cm³/mol. The van der Waals surface area contributed by atoms with Crippen LogP contribution in [0.1, 0.15) is 25.8 Å². The van der Waals surface area contributed by atoms with Crippen LogP contribution in [0.25, 0.3) is 0 Å². The van der Waals surface area contributed by atoms with Gasteiger partial charge in [0.2, 0.25) is 10.0 Å². The van der Waals surface area contributed by atoms with E-state index in [1.807, 2.05) is 30.3 Å². The summed E-state index contributed by atoms with van der Waals surface area (Å²) in [5.74, 6) is 0.147. The largest absolute Gasteiger partial charge is 0.314 e. The molecule has 0 aromatic heterocycles. The van der Waals surface area contributed by atoms with E-state index in [9.17, 15) is 8.42 Å². The zero-order chi connectivity index (χ0) is 14.1. The minimum Gasteiger partial charge on any atom is -0.314 e. The molecule has 1 rings (SSSR count). The maximum atomic E-state index is 11.8. The van der Waals surface area contributed by atoms with Crippen molar-refractivity contribution in [1.82, 2.24) is 10.0 Å². The summed E-state index contributed by atoms with van der Waals surface area (Å²) in [5.41, 5.74) is 1.05. The minimum absolute atomic E-state index is 0.147. The molecule has 108 valence electrons. The molecule has 0 heterocycles. The molecular weight excluding hydrogens is 260 g/mol. The molecule has 2 N–H and O–H groups in total. The van der Waals surface area contributed by atoms with Crippen LogP contribution in [0, 0.1) is 0 Å². The van der Waals surface area contributed by atoms with Gasteiger partial charge in [0.05, 0.1) is 5.75 Å². The average Bonchev–Trinajstić information content (AvgIpc) is 2.37. The summed E-state index contributed by atoms with van der Waals surface area (Å²) < 4.78 is 26.2. The fraction of sp³-hybridized carbons (Fsp3) is 0.571. The van der Waals surface area contributed by atoms with E-state index in [1.165, 1.54) is 0 Å². The molecule has 0 saturated heterocycles. The van der Waals surface area contributed by atoms with E-state index >= 15 is 0 Å². The number of nitrogens with one attached hydrogen (secondary N) is 2. The molecule has 0 radical (unpaired) electrons. The van der Waals surface area contributed by atoms with Crippen LogP contribution >= 0.6 is 0 Å². The number of rotatable bonds is 9. The van der Waals surface area contributed by atoms with E-state index < -0.39 is 10.0 Å². The van der Waals surface area contributed by atoms with Gasteiger partial charge in [0.25, 0.3) is 0 Å².